The Balaban J connectivity index is 0.905. The molecule has 0 aliphatic carbocycles. The molecule has 0 aliphatic heterocycles. The van der Waals surface area contributed by atoms with Crippen LogP contribution in [0.2, 0.25) is 0 Å². The van der Waals surface area contributed by atoms with Crippen LogP contribution >= 0.6 is 0 Å². The highest BCUT2D eigenvalue weighted by molar-refractivity contribution is 6.06. The highest BCUT2D eigenvalue weighted by Gasteiger charge is 2.15. The lowest BCUT2D eigenvalue weighted by Gasteiger charge is -2.26. The van der Waals surface area contributed by atoms with E-state index in [4.69, 9.17) is 4.42 Å². The zero-order valence-corrected chi connectivity index (χ0v) is 32.9. The molecule has 0 amide bonds. The van der Waals surface area contributed by atoms with Crippen molar-refractivity contribution in [3.8, 4) is 55.6 Å². The summed E-state index contributed by atoms with van der Waals surface area (Å²) in [6.45, 7) is 0. The number of hydrogen-bond donors (Lipinski definition) is 0. The van der Waals surface area contributed by atoms with E-state index in [0.29, 0.717) is 0 Å². The molecule has 0 atom stereocenters. The molecule has 0 saturated carbocycles. The molecule has 11 rings (SSSR count). The van der Waals surface area contributed by atoms with Crippen molar-refractivity contribution in [2.45, 2.75) is 0 Å². The van der Waals surface area contributed by atoms with Crippen molar-refractivity contribution >= 4 is 49.8 Å². The number of benzene rings is 10. The maximum absolute atomic E-state index is 6.12. The van der Waals surface area contributed by atoms with Gasteiger partial charge in [-0.1, -0.05) is 176 Å². The molecule has 2 nitrogen and oxygen atoms in total. The second kappa shape index (κ2) is 15.1. The third kappa shape index (κ3) is 6.70. The summed E-state index contributed by atoms with van der Waals surface area (Å²) in [5, 5.41) is 4.76. The summed E-state index contributed by atoms with van der Waals surface area (Å²) in [6.07, 6.45) is 0. The summed E-state index contributed by atoms with van der Waals surface area (Å²) in [7, 11) is 0. The van der Waals surface area contributed by atoms with E-state index in [1.807, 2.05) is 12.1 Å². The molecule has 0 aliphatic rings. The summed E-state index contributed by atoms with van der Waals surface area (Å²) < 4.78 is 6.12. The van der Waals surface area contributed by atoms with Crippen LogP contribution in [0.4, 0.5) is 17.1 Å². The Morgan fingerprint density at radius 3 is 1.15 bits per heavy atom. The predicted octanol–water partition coefficient (Wildman–Crippen LogP) is 16.5. The second-order valence-electron chi connectivity index (χ2n) is 15.4. The average molecular weight is 766 g/mol. The van der Waals surface area contributed by atoms with Gasteiger partial charge in [-0.25, -0.2) is 0 Å². The quantitative estimate of drug-likeness (QED) is 0.153. The monoisotopic (exact) mass is 765 g/mol. The Morgan fingerprint density at radius 1 is 0.233 bits per heavy atom. The van der Waals surface area contributed by atoms with Gasteiger partial charge in [0, 0.05) is 27.8 Å². The highest BCUT2D eigenvalue weighted by Crippen LogP contribution is 2.39. The molecule has 60 heavy (non-hydrogen) atoms. The van der Waals surface area contributed by atoms with E-state index in [1.165, 1.54) is 55.3 Å². The Morgan fingerprint density at radius 2 is 0.600 bits per heavy atom. The highest BCUT2D eigenvalue weighted by atomic mass is 16.3. The topological polar surface area (TPSA) is 16.4 Å². The minimum absolute atomic E-state index is 0.906. The van der Waals surface area contributed by atoms with Gasteiger partial charge in [-0.2, -0.15) is 0 Å². The molecular weight excluding hydrogens is 727 g/mol. The fourth-order valence-corrected chi connectivity index (χ4v) is 8.47. The molecule has 2 heteroatoms. The van der Waals surface area contributed by atoms with Gasteiger partial charge in [-0.3, -0.25) is 0 Å². The van der Waals surface area contributed by atoms with Crippen molar-refractivity contribution in [2.24, 2.45) is 0 Å². The van der Waals surface area contributed by atoms with Crippen molar-refractivity contribution in [1.82, 2.24) is 0 Å². The minimum atomic E-state index is 0.906. The zero-order valence-electron chi connectivity index (χ0n) is 32.9. The molecular formula is C58H39NO. The number of rotatable bonds is 8. The van der Waals surface area contributed by atoms with Gasteiger partial charge >= 0.3 is 0 Å². The molecule has 0 saturated heterocycles. The molecule has 0 spiro atoms. The van der Waals surface area contributed by atoms with Crippen LogP contribution in [0.25, 0.3) is 88.3 Å². The number of para-hydroxylation sites is 1. The van der Waals surface area contributed by atoms with Gasteiger partial charge in [0.25, 0.3) is 0 Å². The summed E-state index contributed by atoms with van der Waals surface area (Å²) in [5.41, 5.74) is 17.0. The lowest BCUT2D eigenvalue weighted by molar-refractivity contribution is 0.669. The molecule has 0 unspecified atom stereocenters. The van der Waals surface area contributed by atoms with Crippen molar-refractivity contribution < 1.29 is 4.42 Å². The first kappa shape index (κ1) is 35.2. The SMILES string of the molecule is c1ccc(-c2ccc(-c3ccc(-c4ccc(N(c5ccc(-c6ccc7ccccc7c6)cc5)c5ccc(-c6ccc7oc8ccccc8c7c6)cc5)cc4)cc3)cc2)cc1. The molecule has 0 bridgehead atoms. The van der Waals surface area contributed by atoms with E-state index in [2.05, 4.69) is 229 Å². The van der Waals surface area contributed by atoms with Crippen molar-refractivity contribution in [3.63, 3.8) is 0 Å². The van der Waals surface area contributed by atoms with Gasteiger partial charge in [0.05, 0.1) is 0 Å². The standard InChI is InChI=1S/C58H39NO/c1-2-8-40(9-3-1)42-14-16-43(17-15-42)44-18-20-45(21-19-44)46-24-31-52(32-25-46)59(53-33-26-47(27-34-53)50-23-22-41-10-4-5-11-49(41)38-50)54-35-28-48(29-36-54)51-30-37-58-56(39-51)55-12-6-7-13-57(55)60-58/h1-39H. The van der Waals surface area contributed by atoms with Gasteiger partial charge in [0.15, 0.2) is 0 Å². The first-order chi connectivity index (χ1) is 29.7. The van der Waals surface area contributed by atoms with E-state index in [0.717, 1.165) is 50.1 Å². The Hall–Kier alpha value is -7.94. The van der Waals surface area contributed by atoms with Crippen LogP contribution in [-0.2, 0) is 0 Å². The summed E-state index contributed by atoms with van der Waals surface area (Å²) in [4.78, 5) is 2.34. The molecule has 1 heterocycles. The van der Waals surface area contributed by atoms with Gasteiger partial charge in [0.1, 0.15) is 11.2 Å². The Labute approximate surface area is 349 Å². The Bertz CT molecular complexity index is 3250. The first-order valence-corrected chi connectivity index (χ1v) is 20.5. The summed E-state index contributed by atoms with van der Waals surface area (Å²) >= 11 is 0. The fraction of sp³-hybridized carbons (Fsp3) is 0. The molecule has 11 aromatic rings. The molecule has 282 valence electrons. The number of anilines is 3. The maximum atomic E-state index is 6.12. The Kier molecular flexibility index (Phi) is 8.87. The van der Waals surface area contributed by atoms with E-state index in [9.17, 15) is 0 Å². The van der Waals surface area contributed by atoms with Crippen LogP contribution in [0.3, 0.4) is 0 Å². The zero-order chi connectivity index (χ0) is 39.8. The number of hydrogen-bond acceptors (Lipinski definition) is 2. The van der Waals surface area contributed by atoms with E-state index >= 15 is 0 Å². The van der Waals surface area contributed by atoms with Gasteiger partial charge in [-0.15, -0.1) is 0 Å². The van der Waals surface area contributed by atoms with Crippen molar-refractivity contribution in [1.29, 1.82) is 0 Å². The number of fused-ring (bicyclic) bond motifs is 4. The van der Waals surface area contributed by atoms with Crippen LogP contribution in [-0.4, -0.2) is 0 Å². The normalized spacial score (nSPS) is 11.3. The second-order valence-corrected chi connectivity index (χ2v) is 15.4. The third-order valence-electron chi connectivity index (χ3n) is 11.7. The number of nitrogens with zero attached hydrogens (tertiary/aromatic N) is 1. The molecule has 1 aromatic heterocycles. The van der Waals surface area contributed by atoms with Crippen LogP contribution in [0.5, 0.6) is 0 Å². The predicted molar refractivity (Wildman–Crippen MR) is 253 cm³/mol. The molecule has 10 aromatic carbocycles. The van der Waals surface area contributed by atoms with Gasteiger partial charge in [-0.05, 0) is 127 Å². The van der Waals surface area contributed by atoms with Crippen LogP contribution in [0.1, 0.15) is 0 Å². The smallest absolute Gasteiger partial charge is 0.135 e. The van der Waals surface area contributed by atoms with Crippen molar-refractivity contribution in [3.05, 3.63) is 237 Å². The third-order valence-corrected chi connectivity index (χ3v) is 11.7. The summed E-state index contributed by atoms with van der Waals surface area (Å²) in [5.74, 6) is 0. The lowest BCUT2D eigenvalue weighted by atomic mass is 9.98. The van der Waals surface area contributed by atoms with Crippen LogP contribution < -0.4 is 4.90 Å². The van der Waals surface area contributed by atoms with E-state index < -0.39 is 0 Å². The molecule has 0 N–H and O–H groups in total. The van der Waals surface area contributed by atoms with Crippen LogP contribution in [0.15, 0.2) is 241 Å². The number of furan rings is 1. The minimum Gasteiger partial charge on any atom is -0.456 e. The molecule has 0 fully saturated rings. The summed E-state index contributed by atoms with van der Waals surface area (Å²) in [6, 6.07) is 84.9. The molecule has 0 radical (unpaired) electrons. The largest absolute Gasteiger partial charge is 0.456 e. The van der Waals surface area contributed by atoms with Crippen molar-refractivity contribution in [2.75, 3.05) is 4.90 Å². The van der Waals surface area contributed by atoms with Gasteiger partial charge in [0.2, 0.25) is 0 Å². The van der Waals surface area contributed by atoms with Crippen LogP contribution in [0, 0.1) is 0 Å². The average Bonchev–Trinajstić information content (AvgIpc) is 3.71. The van der Waals surface area contributed by atoms with E-state index in [-0.39, 0.29) is 0 Å². The maximum Gasteiger partial charge on any atom is 0.135 e. The first-order valence-electron chi connectivity index (χ1n) is 20.5. The van der Waals surface area contributed by atoms with E-state index in [1.54, 1.807) is 0 Å². The van der Waals surface area contributed by atoms with Gasteiger partial charge < -0.3 is 9.32 Å². The fourth-order valence-electron chi connectivity index (χ4n) is 8.47. The lowest BCUT2D eigenvalue weighted by Crippen LogP contribution is -2.09.